The summed E-state index contributed by atoms with van der Waals surface area (Å²) in [6.07, 6.45) is 3.41. The fourth-order valence-corrected chi connectivity index (χ4v) is 2.72. The zero-order valence-electron chi connectivity index (χ0n) is 13.7. The summed E-state index contributed by atoms with van der Waals surface area (Å²) in [6, 6.07) is 19.0. The molecular formula is C21H18O3. The second-order valence-corrected chi connectivity index (χ2v) is 5.30. The van der Waals surface area contributed by atoms with Gasteiger partial charge < -0.3 is 9.47 Å². The third kappa shape index (κ3) is 3.01. The Kier molecular flexibility index (Phi) is 4.62. The molecule has 3 aromatic rings. The Morgan fingerprint density at radius 1 is 0.792 bits per heavy atom. The van der Waals surface area contributed by atoms with E-state index in [1.807, 2.05) is 54.6 Å². The average Bonchev–Trinajstić information content (AvgIpc) is 2.65. The number of methoxy groups -OCH3 is 2. The van der Waals surface area contributed by atoms with Gasteiger partial charge in [0.1, 0.15) is 11.5 Å². The van der Waals surface area contributed by atoms with Crippen LogP contribution in [0.25, 0.3) is 16.8 Å². The Bertz CT molecular complexity index is 910. The van der Waals surface area contributed by atoms with E-state index in [1.165, 1.54) is 0 Å². The van der Waals surface area contributed by atoms with Gasteiger partial charge in [0.25, 0.3) is 0 Å². The highest BCUT2D eigenvalue weighted by Gasteiger charge is 2.09. The summed E-state index contributed by atoms with van der Waals surface area (Å²) in [6.45, 7) is 0. The van der Waals surface area contributed by atoms with Gasteiger partial charge in [-0.1, -0.05) is 48.5 Å². The van der Waals surface area contributed by atoms with Crippen LogP contribution in [0.15, 0.2) is 66.7 Å². The smallest absolute Gasteiger partial charge is 0.189 e. The molecule has 0 fully saturated rings. The molecule has 0 amide bonds. The molecule has 3 heteroatoms. The van der Waals surface area contributed by atoms with Crippen molar-refractivity contribution in [1.82, 2.24) is 0 Å². The molecular weight excluding hydrogens is 300 g/mol. The van der Waals surface area contributed by atoms with Crippen molar-refractivity contribution < 1.29 is 14.3 Å². The minimum absolute atomic E-state index is 0.0904. The van der Waals surface area contributed by atoms with E-state index in [9.17, 15) is 4.79 Å². The number of hydrogen-bond acceptors (Lipinski definition) is 3. The van der Waals surface area contributed by atoms with Crippen molar-refractivity contribution in [3.05, 3.63) is 77.9 Å². The highest BCUT2D eigenvalue weighted by Crippen LogP contribution is 2.29. The normalized spacial score (nSPS) is 10.9. The van der Waals surface area contributed by atoms with Gasteiger partial charge in [-0.2, -0.15) is 0 Å². The fraction of sp³-hybridized carbons (Fsp3) is 0.0952. The van der Waals surface area contributed by atoms with Crippen LogP contribution in [0.4, 0.5) is 0 Å². The predicted molar refractivity (Wildman–Crippen MR) is 96.9 cm³/mol. The van der Waals surface area contributed by atoms with E-state index in [-0.39, 0.29) is 5.78 Å². The van der Waals surface area contributed by atoms with Crippen LogP contribution >= 0.6 is 0 Å². The third-order valence-corrected chi connectivity index (χ3v) is 3.92. The Morgan fingerprint density at radius 2 is 1.46 bits per heavy atom. The zero-order chi connectivity index (χ0) is 16.9. The predicted octanol–water partition coefficient (Wildman–Crippen LogP) is 4.75. The highest BCUT2D eigenvalue weighted by atomic mass is 16.5. The molecule has 0 aliphatic carbocycles. The van der Waals surface area contributed by atoms with Crippen LogP contribution < -0.4 is 9.47 Å². The van der Waals surface area contributed by atoms with E-state index in [2.05, 4.69) is 0 Å². The number of allylic oxidation sites excluding steroid dienone is 1. The van der Waals surface area contributed by atoms with E-state index in [0.717, 1.165) is 22.1 Å². The van der Waals surface area contributed by atoms with Crippen LogP contribution in [-0.2, 0) is 0 Å². The number of ketones is 1. The van der Waals surface area contributed by atoms with Crippen molar-refractivity contribution in [2.75, 3.05) is 14.2 Å². The van der Waals surface area contributed by atoms with Crippen molar-refractivity contribution in [1.29, 1.82) is 0 Å². The van der Waals surface area contributed by atoms with Gasteiger partial charge in [-0.15, -0.1) is 0 Å². The van der Waals surface area contributed by atoms with Gasteiger partial charge in [-0.05, 0) is 35.2 Å². The molecule has 0 radical (unpaired) electrons. The van der Waals surface area contributed by atoms with Crippen molar-refractivity contribution in [3.63, 3.8) is 0 Å². The SMILES string of the molecule is COc1ccccc1C(=O)C=Cc1ccc(OC)c2ccccc12. The van der Waals surface area contributed by atoms with Crippen LogP contribution in [-0.4, -0.2) is 20.0 Å². The Labute approximate surface area is 141 Å². The van der Waals surface area contributed by atoms with E-state index >= 15 is 0 Å². The van der Waals surface area contributed by atoms with Crippen LogP contribution in [0.1, 0.15) is 15.9 Å². The molecule has 0 saturated carbocycles. The summed E-state index contributed by atoms with van der Waals surface area (Å²) in [5.41, 5.74) is 1.52. The minimum Gasteiger partial charge on any atom is -0.496 e. The lowest BCUT2D eigenvalue weighted by molar-refractivity contribution is 0.104. The summed E-state index contributed by atoms with van der Waals surface area (Å²) in [7, 11) is 3.22. The van der Waals surface area contributed by atoms with Crippen LogP contribution in [0.3, 0.4) is 0 Å². The first-order valence-corrected chi connectivity index (χ1v) is 7.65. The minimum atomic E-state index is -0.0904. The summed E-state index contributed by atoms with van der Waals surface area (Å²) in [5, 5.41) is 2.06. The lowest BCUT2D eigenvalue weighted by Crippen LogP contribution is -1.98. The van der Waals surface area contributed by atoms with Gasteiger partial charge in [0, 0.05) is 5.39 Å². The van der Waals surface area contributed by atoms with Gasteiger partial charge in [-0.3, -0.25) is 4.79 Å². The third-order valence-electron chi connectivity index (χ3n) is 3.92. The fourth-order valence-electron chi connectivity index (χ4n) is 2.72. The Morgan fingerprint density at radius 3 is 2.21 bits per heavy atom. The van der Waals surface area contributed by atoms with E-state index in [0.29, 0.717) is 11.3 Å². The first kappa shape index (κ1) is 15.8. The van der Waals surface area contributed by atoms with Crippen LogP contribution in [0, 0.1) is 0 Å². The maximum absolute atomic E-state index is 12.5. The zero-order valence-corrected chi connectivity index (χ0v) is 13.7. The number of benzene rings is 3. The van der Waals surface area contributed by atoms with Crippen LogP contribution in [0.5, 0.6) is 11.5 Å². The summed E-state index contributed by atoms with van der Waals surface area (Å²) >= 11 is 0. The molecule has 0 aliphatic rings. The molecule has 3 nitrogen and oxygen atoms in total. The van der Waals surface area contributed by atoms with Gasteiger partial charge in [-0.25, -0.2) is 0 Å². The number of rotatable bonds is 5. The van der Waals surface area contributed by atoms with E-state index in [1.54, 1.807) is 32.4 Å². The molecule has 0 aromatic heterocycles. The number of ether oxygens (including phenoxy) is 2. The average molecular weight is 318 g/mol. The molecule has 0 saturated heterocycles. The first-order chi connectivity index (χ1) is 11.7. The molecule has 0 heterocycles. The molecule has 0 N–H and O–H groups in total. The number of carbonyl (C=O) groups is 1. The van der Waals surface area contributed by atoms with E-state index < -0.39 is 0 Å². The Balaban J connectivity index is 1.98. The maximum atomic E-state index is 12.5. The molecule has 0 bridgehead atoms. The molecule has 0 spiro atoms. The van der Waals surface area contributed by atoms with Gasteiger partial charge in [0.2, 0.25) is 0 Å². The molecule has 3 rings (SSSR count). The summed E-state index contributed by atoms with van der Waals surface area (Å²) in [5.74, 6) is 1.30. The number of carbonyl (C=O) groups excluding carboxylic acids is 1. The van der Waals surface area contributed by atoms with Crippen molar-refractivity contribution in [3.8, 4) is 11.5 Å². The lowest BCUT2D eigenvalue weighted by atomic mass is 10.0. The van der Waals surface area contributed by atoms with Crippen molar-refractivity contribution in [2.45, 2.75) is 0 Å². The topological polar surface area (TPSA) is 35.5 Å². The second-order valence-electron chi connectivity index (χ2n) is 5.30. The molecule has 3 aromatic carbocycles. The second kappa shape index (κ2) is 7.01. The lowest BCUT2D eigenvalue weighted by Gasteiger charge is -2.08. The highest BCUT2D eigenvalue weighted by molar-refractivity contribution is 6.09. The number of fused-ring (bicyclic) bond motifs is 1. The van der Waals surface area contributed by atoms with Gasteiger partial charge in [0.05, 0.1) is 19.8 Å². The largest absolute Gasteiger partial charge is 0.496 e. The quantitative estimate of drug-likeness (QED) is 0.503. The van der Waals surface area contributed by atoms with Crippen molar-refractivity contribution in [2.24, 2.45) is 0 Å². The van der Waals surface area contributed by atoms with Crippen LogP contribution in [0.2, 0.25) is 0 Å². The molecule has 0 aliphatic heterocycles. The molecule has 0 atom stereocenters. The van der Waals surface area contributed by atoms with Gasteiger partial charge in [0.15, 0.2) is 5.78 Å². The molecule has 120 valence electrons. The number of hydrogen-bond donors (Lipinski definition) is 0. The van der Waals surface area contributed by atoms with Gasteiger partial charge >= 0.3 is 0 Å². The summed E-state index contributed by atoms with van der Waals surface area (Å²) < 4.78 is 10.6. The standard InChI is InChI=1S/C21H18O3/c1-23-20-10-6-5-9-18(20)19(22)13-11-15-12-14-21(24-2)17-8-4-3-7-16(15)17/h3-14H,1-2H3. The molecule has 24 heavy (non-hydrogen) atoms. The molecule has 0 unspecified atom stereocenters. The monoisotopic (exact) mass is 318 g/mol. The number of para-hydroxylation sites is 1. The Hall–Kier alpha value is -3.07. The maximum Gasteiger partial charge on any atom is 0.189 e. The van der Waals surface area contributed by atoms with E-state index in [4.69, 9.17) is 9.47 Å². The first-order valence-electron chi connectivity index (χ1n) is 7.65. The van der Waals surface area contributed by atoms with Crippen molar-refractivity contribution >= 4 is 22.6 Å². The summed E-state index contributed by atoms with van der Waals surface area (Å²) in [4.78, 5) is 12.5.